The lowest BCUT2D eigenvalue weighted by molar-refractivity contribution is -0.137. The summed E-state index contributed by atoms with van der Waals surface area (Å²) in [6, 6.07) is 6.65. The van der Waals surface area contributed by atoms with Crippen LogP contribution in [0, 0.1) is 6.92 Å². The molecule has 0 aliphatic carbocycles. The number of rotatable bonds is 6. The van der Waals surface area contributed by atoms with Gasteiger partial charge in [-0.15, -0.1) is 0 Å². The van der Waals surface area contributed by atoms with E-state index in [-0.39, 0.29) is 24.3 Å². The number of aryl methyl sites for hydroxylation is 1. The molecule has 7 heteroatoms. The average Bonchev–Trinajstić information content (AvgIpc) is 2.44. The van der Waals surface area contributed by atoms with Gasteiger partial charge in [-0.3, -0.25) is 9.78 Å². The second kappa shape index (κ2) is 6.19. The standard InChI is InChI=1S/C14H16N2O4S/c1-10-6-7-12(11-4-2-8-15-14(10)11)21(19,20)16-9-3-5-13(17)18/h2,4,6-8,16H,3,5,9H2,1H3,(H,17,18). The molecule has 0 spiro atoms. The zero-order chi connectivity index (χ0) is 15.5. The normalized spacial score (nSPS) is 11.7. The van der Waals surface area contributed by atoms with Gasteiger partial charge in [-0.1, -0.05) is 6.07 Å². The van der Waals surface area contributed by atoms with E-state index in [0.29, 0.717) is 10.9 Å². The van der Waals surface area contributed by atoms with Gasteiger partial charge in [0, 0.05) is 24.5 Å². The number of fused-ring (bicyclic) bond motifs is 1. The van der Waals surface area contributed by atoms with Crippen molar-refractivity contribution >= 4 is 26.9 Å². The number of sulfonamides is 1. The number of carboxylic acid groups (broad SMARTS) is 1. The highest BCUT2D eigenvalue weighted by Crippen LogP contribution is 2.23. The van der Waals surface area contributed by atoms with Gasteiger partial charge in [-0.25, -0.2) is 13.1 Å². The van der Waals surface area contributed by atoms with Crippen molar-refractivity contribution in [3.05, 3.63) is 36.0 Å². The van der Waals surface area contributed by atoms with E-state index < -0.39 is 16.0 Å². The number of pyridine rings is 1. The Morgan fingerprint density at radius 3 is 2.81 bits per heavy atom. The summed E-state index contributed by atoms with van der Waals surface area (Å²) in [5.74, 6) is -0.945. The number of benzene rings is 1. The Bertz CT molecular complexity index is 772. The number of hydrogen-bond acceptors (Lipinski definition) is 4. The van der Waals surface area contributed by atoms with E-state index in [0.717, 1.165) is 5.56 Å². The highest BCUT2D eigenvalue weighted by molar-refractivity contribution is 7.89. The first-order valence-corrected chi connectivity index (χ1v) is 7.96. The van der Waals surface area contributed by atoms with Gasteiger partial charge in [0.15, 0.2) is 0 Å². The van der Waals surface area contributed by atoms with E-state index in [9.17, 15) is 13.2 Å². The number of aromatic nitrogens is 1. The van der Waals surface area contributed by atoms with E-state index in [1.54, 1.807) is 30.5 Å². The average molecular weight is 308 g/mol. The third kappa shape index (κ3) is 3.56. The van der Waals surface area contributed by atoms with Gasteiger partial charge >= 0.3 is 5.97 Å². The van der Waals surface area contributed by atoms with Crippen LogP contribution in [-0.4, -0.2) is 31.0 Å². The van der Waals surface area contributed by atoms with Crippen LogP contribution in [0.2, 0.25) is 0 Å². The van der Waals surface area contributed by atoms with Crippen LogP contribution >= 0.6 is 0 Å². The molecule has 0 saturated heterocycles. The number of carbonyl (C=O) groups is 1. The topological polar surface area (TPSA) is 96.4 Å². The van der Waals surface area contributed by atoms with Crippen molar-refractivity contribution in [2.45, 2.75) is 24.7 Å². The summed E-state index contributed by atoms with van der Waals surface area (Å²) < 4.78 is 27.1. The van der Waals surface area contributed by atoms with Crippen LogP contribution in [0.3, 0.4) is 0 Å². The van der Waals surface area contributed by atoms with Crippen molar-refractivity contribution in [3.63, 3.8) is 0 Å². The molecule has 1 aromatic heterocycles. The molecule has 0 atom stereocenters. The Kier molecular flexibility index (Phi) is 4.54. The maximum atomic E-state index is 12.3. The van der Waals surface area contributed by atoms with Gasteiger partial charge in [0.25, 0.3) is 0 Å². The number of nitrogens with zero attached hydrogens (tertiary/aromatic N) is 1. The molecule has 6 nitrogen and oxygen atoms in total. The van der Waals surface area contributed by atoms with Crippen molar-refractivity contribution in [1.29, 1.82) is 0 Å². The smallest absolute Gasteiger partial charge is 0.303 e. The minimum atomic E-state index is -3.68. The summed E-state index contributed by atoms with van der Waals surface area (Å²) in [7, 11) is -3.68. The Morgan fingerprint density at radius 2 is 2.10 bits per heavy atom. The fraction of sp³-hybridized carbons (Fsp3) is 0.286. The molecule has 0 amide bonds. The largest absolute Gasteiger partial charge is 0.481 e. The van der Waals surface area contributed by atoms with Crippen molar-refractivity contribution in [2.24, 2.45) is 0 Å². The first-order chi connectivity index (χ1) is 9.92. The Morgan fingerprint density at radius 1 is 1.33 bits per heavy atom. The summed E-state index contributed by atoms with van der Waals surface area (Å²) in [6.07, 6.45) is 1.79. The highest BCUT2D eigenvalue weighted by atomic mass is 32.2. The van der Waals surface area contributed by atoms with Crippen LogP contribution in [0.25, 0.3) is 10.9 Å². The van der Waals surface area contributed by atoms with E-state index in [2.05, 4.69) is 9.71 Å². The third-order valence-electron chi connectivity index (χ3n) is 3.08. The Hall–Kier alpha value is -1.99. The molecule has 0 aliphatic heterocycles. The molecule has 0 saturated carbocycles. The molecular weight excluding hydrogens is 292 g/mol. The lowest BCUT2D eigenvalue weighted by Gasteiger charge is -2.10. The van der Waals surface area contributed by atoms with E-state index in [1.165, 1.54) is 0 Å². The quantitative estimate of drug-likeness (QED) is 0.792. The highest BCUT2D eigenvalue weighted by Gasteiger charge is 2.18. The summed E-state index contributed by atoms with van der Waals surface area (Å²) >= 11 is 0. The van der Waals surface area contributed by atoms with E-state index in [4.69, 9.17) is 5.11 Å². The second-order valence-electron chi connectivity index (χ2n) is 4.68. The summed E-state index contributed by atoms with van der Waals surface area (Å²) in [5.41, 5.74) is 1.54. The van der Waals surface area contributed by atoms with Crippen molar-refractivity contribution in [3.8, 4) is 0 Å². The molecule has 0 radical (unpaired) electrons. The van der Waals surface area contributed by atoms with Crippen molar-refractivity contribution in [2.75, 3.05) is 6.54 Å². The van der Waals surface area contributed by atoms with E-state index >= 15 is 0 Å². The number of hydrogen-bond donors (Lipinski definition) is 2. The minimum Gasteiger partial charge on any atom is -0.481 e. The SMILES string of the molecule is Cc1ccc(S(=O)(=O)NCCCC(=O)O)c2cccnc12. The van der Waals surface area contributed by atoms with Crippen LogP contribution in [0.5, 0.6) is 0 Å². The molecule has 2 aromatic rings. The molecule has 0 bridgehead atoms. The lowest BCUT2D eigenvalue weighted by atomic mass is 10.1. The predicted molar refractivity (Wildman–Crippen MR) is 78.5 cm³/mol. The molecule has 1 aromatic carbocycles. The maximum Gasteiger partial charge on any atom is 0.303 e. The Balaban J connectivity index is 2.28. The lowest BCUT2D eigenvalue weighted by Crippen LogP contribution is -2.25. The fourth-order valence-electron chi connectivity index (χ4n) is 2.05. The van der Waals surface area contributed by atoms with Gasteiger partial charge in [0.05, 0.1) is 10.4 Å². The summed E-state index contributed by atoms with van der Waals surface area (Å²) in [6.45, 7) is 1.95. The molecule has 21 heavy (non-hydrogen) atoms. The molecule has 0 aliphatic rings. The first-order valence-electron chi connectivity index (χ1n) is 6.47. The molecule has 2 rings (SSSR count). The third-order valence-corrected chi connectivity index (χ3v) is 4.60. The molecule has 0 unspecified atom stereocenters. The van der Waals surface area contributed by atoms with E-state index in [1.807, 2.05) is 6.92 Å². The summed E-state index contributed by atoms with van der Waals surface area (Å²) in [4.78, 5) is 14.8. The maximum absolute atomic E-state index is 12.3. The Labute approximate surface area is 122 Å². The molecule has 0 fully saturated rings. The monoisotopic (exact) mass is 308 g/mol. The van der Waals surface area contributed by atoms with Crippen LogP contribution in [0.15, 0.2) is 35.4 Å². The molecule has 1 heterocycles. The molecular formula is C14H16N2O4S. The second-order valence-corrected chi connectivity index (χ2v) is 6.41. The van der Waals surface area contributed by atoms with Crippen LogP contribution < -0.4 is 4.72 Å². The van der Waals surface area contributed by atoms with Gasteiger partial charge in [0.1, 0.15) is 0 Å². The fourth-order valence-corrected chi connectivity index (χ4v) is 3.32. The molecule has 2 N–H and O–H groups in total. The van der Waals surface area contributed by atoms with Crippen molar-refractivity contribution in [1.82, 2.24) is 9.71 Å². The minimum absolute atomic E-state index is 0.0707. The number of aliphatic carboxylic acids is 1. The van der Waals surface area contributed by atoms with Gasteiger partial charge < -0.3 is 5.11 Å². The van der Waals surface area contributed by atoms with Crippen LogP contribution in [0.4, 0.5) is 0 Å². The zero-order valence-corrected chi connectivity index (χ0v) is 12.4. The van der Waals surface area contributed by atoms with Gasteiger partial charge in [-0.2, -0.15) is 0 Å². The first kappa shape index (κ1) is 15.4. The van der Waals surface area contributed by atoms with Gasteiger partial charge in [-0.05, 0) is 37.1 Å². The predicted octanol–water partition coefficient (Wildman–Crippen LogP) is 1.69. The summed E-state index contributed by atoms with van der Waals surface area (Å²) in [5, 5.41) is 9.10. The molecule has 112 valence electrons. The van der Waals surface area contributed by atoms with Crippen molar-refractivity contribution < 1.29 is 18.3 Å². The number of nitrogens with one attached hydrogen (secondary N) is 1. The van der Waals surface area contributed by atoms with Crippen LogP contribution in [-0.2, 0) is 14.8 Å². The van der Waals surface area contributed by atoms with Gasteiger partial charge in [0.2, 0.25) is 10.0 Å². The number of carboxylic acids is 1. The zero-order valence-electron chi connectivity index (χ0n) is 11.5. The van der Waals surface area contributed by atoms with Crippen LogP contribution in [0.1, 0.15) is 18.4 Å².